The zero-order valence-corrected chi connectivity index (χ0v) is 10.3. The van der Waals surface area contributed by atoms with E-state index in [0.717, 1.165) is 17.7 Å². The Morgan fingerprint density at radius 3 is 2.62 bits per heavy atom. The van der Waals surface area contributed by atoms with E-state index in [1.165, 1.54) is 11.1 Å². The second kappa shape index (κ2) is 3.52. The molecule has 1 aliphatic rings. The quantitative estimate of drug-likeness (QED) is 0.759. The minimum absolute atomic E-state index is 0.356. The van der Waals surface area contributed by atoms with Gasteiger partial charge in [0.2, 0.25) is 0 Å². The highest BCUT2D eigenvalue weighted by molar-refractivity contribution is 5.60. The molecule has 0 saturated carbocycles. The Balaban J connectivity index is 2.63. The number of fused-ring (bicyclic) bond motifs is 1. The molecule has 0 unspecified atom stereocenters. The van der Waals surface area contributed by atoms with Crippen molar-refractivity contribution in [2.75, 3.05) is 7.11 Å². The third kappa shape index (κ3) is 1.31. The first-order chi connectivity index (χ1) is 7.53. The number of nitrogens with zero attached hydrogens (tertiary/aromatic N) is 1. The summed E-state index contributed by atoms with van der Waals surface area (Å²) >= 11 is 0. The monoisotopic (exact) mass is 215 g/mol. The van der Waals surface area contributed by atoms with Crippen molar-refractivity contribution >= 4 is 0 Å². The van der Waals surface area contributed by atoms with Crippen molar-refractivity contribution in [3.05, 3.63) is 28.8 Å². The standard InChI is InChI=1S/C14H17NO/c1-9(2)11-6-5-10-7-14(3,8-15)12(10)13(11)16-4/h5-6,9H,7H2,1-4H3/t14-/m1/s1. The molecule has 0 heterocycles. The molecule has 0 spiro atoms. The molecule has 0 aromatic heterocycles. The predicted octanol–water partition coefficient (Wildman–Crippen LogP) is 3.16. The Morgan fingerprint density at radius 1 is 1.44 bits per heavy atom. The van der Waals surface area contributed by atoms with Gasteiger partial charge in [-0.05, 0) is 30.4 Å². The van der Waals surface area contributed by atoms with Crippen molar-refractivity contribution < 1.29 is 4.74 Å². The minimum atomic E-state index is -0.356. The van der Waals surface area contributed by atoms with E-state index < -0.39 is 0 Å². The summed E-state index contributed by atoms with van der Waals surface area (Å²) < 4.78 is 5.52. The lowest BCUT2D eigenvalue weighted by atomic mass is 9.65. The Labute approximate surface area is 96.9 Å². The highest BCUT2D eigenvalue weighted by Crippen LogP contribution is 2.48. The molecule has 0 bridgehead atoms. The summed E-state index contributed by atoms with van der Waals surface area (Å²) in [7, 11) is 1.69. The van der Waals surface area contributed by atoms with Crippen LogP contribution in [0.5, 0.6) is 5.75 Å². The molecule has 2 heteroatoms. The Kier molecular flexibility index (Phi) is 2.42. The molecular formula is C14H17NO. The zero-order chi connectivity index (χ0) is 11.9. The smallest absolute Gasteiger partial charge is 0.127 e. The van der Waals surface area contributed by atoms with Crippen LogP contribution in [0.3, 0.4) is 0 Å². The third-order valence-corrected chi connectivity index (χ3v) is 3.44. The van der Waals surface area contributed by atoms with Gasteiger partial charge in [0, 0.05) is 5.56 Å². The normalized spacial score (nSPS) is 22.2. The van der Waals surface area contributed by atoms with E-state index in [1.807, 2.05) is 6.92 Å². The molecule has 1 aromatic rings. The van der Waals surface area contributed by atoms with Crippen molar-refractivity contribution in [1.82, 2.24) is 0 Å². The number of hydrogen-bond acceptors (Lipinski definition) is 2. The summed E-state index contributed by atoms with van der Waals surface area (Å²) in [5.74, 6) is 1.34. The number of hydrogen-bond donors (Lipinski definition) is 0. The van der Waals surface area contributed by atoms with E-state index in [9.17, 15) is 5.26 Å². The number of methoxy groups -OCH3 is 1. The molecule has 2 rings (SSSR count). The van der Waals surface area contributed by atoms with Crippen LogP contribution in [0.25, 0.3) is 0 Å². The molecule has 1 aliphatic carbocycles. The van der Waals surface area contributed by atoms with Crippen LogP contribution < -0.4 is 4.74 Å². The van der Waals surface area contributed by atoms with Gasteiger partial charge in [0.25, 0.3) is 0 Å². The molecule has 2 nitrogen and oxygen atoms in total. The lowest BCUT2D eigenvalue weighted by Gasteiger charge is -2.37. The van der Waals surface area contributed by atoms with Crippen LogP contribution in [0.2, 0.25) is 0 Å². The summed E-state index contributed by atoms with van der Waals surface area (Å²) in [4.78, 5) is 0. The maximum absolute atomic E-state index is 9.24. The van der Waals surface area contributed by atoms with Crippen LogP contribution in [0.15, 0.2) is 12.1 Å². The Hall–Kier alpha value is -1.49. The summed E-state index contributed by atoms with van der Waals surface area (Å²) in [6.07, 6.45) is 0.841. The van der Waals surface area contributed by atoms with Gasteiger partial charge in [0.1, 0.15) is 5.75 Å². The number of benzene rings is 1. The Bertz CT molecular complexity index is 470. The lowest BCUT2D eigenvalue weighted by Crippen LogP contribution is -2.35. The van der Waals surface area contributed by atoms with Crippen molar-refractivity contribution in [3.63, 3.8) is 0 Å². The van der Waals surface area contributed by atoms with Gasteiger partial charge >= 0.3 is 0 Å². The molecule has 0 saturated heterocycles. The molecule has 1 aromatic carbocycles. The van der Waals surface area contributed by atoms with Crippen molar-refractivity contribution in [2.45, 2.75) is 38.5 Å². The second-order valence-electron chi connectivity index (χ2n) is 5.00. The number of nitriles is 1. The minimum Gasteiger partial charge on any atom is -0.496 e. The van der Waals surface area contributed by atoms with Crippen LogP contribution in [0.1, 0.15) is 43.4 Å². The fourth-order valence-corrected chi connectivity index (χ4v) is 2.52. The topological polar surface area (TPSA) is 33.0 Å². The van der Waals surface area contributed by atoms with E-state index >= 15 is 0 Å². The van der Waals surface area contributed by atoms with Crippen LogP contribution in [-0.2, 0) is 11.8 Å². The van der Waals surface area contributed by atoms with Crippen LogP contribution in [-0.4, -0.2) is 7.11 Å². The van der Waals surface area contributed by atoms with Crippen LogP contribution in [0, 0.1) is 11.3 Å². The molecule has 0 fully saturated rings. The van der Waals surface area contributed by atoms with Gasteiger partial charge in [-0.1, -0.05) is 26.0 Å². The van der Waals surface area contributed by atoms with Crippen LogP contribution in [0.4, 0.5) is 0 Å². The van der Waals surface area contributed by atoms with Gasteiger partial charge in [-0.15, -0.1) is 0 Å². The fraction of sp³-hybridized carbons (Fsp3) is 0.500. The maximum atomic E-state index is 9.24. The number of rotatable bonds is 2. The van der Waals surface area contributed by atoms with Gasteiger partial charge < -0.3 is 4.74 Å². The SMILES string of the molecule is COc1c(C(C)C)ccc2c1[C@@](C)(C#N)C2. The first-order valence-electron chi connectivity index (χ1n) is 5.65. The molecule has 0 aliphatic heterocycles. The Morgan fingerprint density at radius 2 is 2.12 bits per heavy atom. The summed E-state index contributed by atoms with van der Waals surface area (Å²) in [5, 5.41) is 9.24. The maximum Gasteiger partial charge on any atom is 0.127 e. The fourth-order valence-electron chi connectivity index (χ4n) is 2.52. The summed E-state index contributed by atoms with van der Waals surface area (Å²) in [5.41, 5.74) is 3.20. The van der Waals surface area contributed by atoms with E-state index in [2.05, 4.69) is 32.0 Å². The van der Waals surface area contributed by atoms with E-state index in [-0.39, 0.29) is 5.41 Å². The van der Waals surface area contributed by atoms with Gasteiger partial charge in [-0.3, -0.25) is 0 Å². The third-order valence-electron chi connectivity index (χ3n) is 3.44. The van der Waals surface area contributed by atoms with Gasteiger partial charge in [0.15, 0.2) is 0 Å². The van der Waals surface area contributed by atoms with Gasteiger partial charge in [-0.2, -0.15) is 5.26 Å². The largest absolute Gasteiger partial charge is 0.496 e. The zero-order valence-electron chi connectivity index (χ0n) is 10.3. The van der Waals surface area contributed by atoms with Crippen molar-refractivity contribution in [1.29, 1.82) is 5.26 Å². The first kappa shape index (κ1) is 11.0. The van der Waals surface area contributed by atoms with Crippen LogP contribution >= 0.6 is 0 Å². The van der Waals surface area contributed by atoms with E-state index in [0.29, 0.717) is 5.92 Å². The molecule has 0 radical (unpaired) electrons. The molecular weight excluding hydrogens is 198 g/mol. The highest BCUT2D eigenvalue weighted by atomic mass is 16.5. The van der Waals surface area contributed by atoms with Crippen molar-refractivity contribution in [3.8, 4) is 11.8 Å². The summed E-state index contributed by atoms with van der Waals surface area (Å²) in [6.45, 7) is 6.28. The van der Waals surface area contributed by atoms with Gasteiger partial charge in [-0.25, -0.2) is 0 Å². The number of ether oxygens (including phenoxy) is 1. The average Bonchev–Trinajstić information content (AvgIpc) is 2.25. The lowest BCUT2D eigenvalue weighted by molar-refractivity contribution is 0.379. The van der Waals surface area contributed by atoms with E-state index in [4.69, 9.17) is 4.74 Å². The molecule has 0 amide bonds. The molecule has 0 N–H and O–H groups in total. The average molecular weight is 215 g/mol. The van der Waals surface area contributed by atoms with Gasteiger partial charge in [0.05, 0.1) is 18.6 Å². The second-order valence-corrected chi connectivity index (χ2v) is 5.00. The molecule has 1 atom stereocenters. The van der Waals surface area contributed by atoms with Crippen molar-refractivity contribution in [2.24, 2.45) is 0 Å². The first-order valence-corrected chi connectivity index (χ1v) is 5.65. The molecule has 16 heavy (non-hydrogen) atoms. The summed E-state index contributed by atoms with van der Waals surface area (Å²) in [6, 6.07) is 6.65. The predicted molar refractivity (Wildman–Crippen MR) is 63.8 cm³/mol. The molecule has 84 valence electrons. The van der Waals surface area contributed by atoms with E-state index in [1.54, 1.807) is 7.11 Å². The highest BCUT2D eigenvalue weighted by Gasteiger charge is 2.42.